The van der Waals surface area contributed by atoms with Gasteiger partial charge in [0.25, 0.3) is 0 Å². The summed E-state index contributed by atoms with van der Waals surface area (Å²) in [6, 6.07) is 68.5. The van der Waals surface area contributed by atoms with Crippen molar-refractivity contribution in [2.45, 2.75) is 5.41 Å². The fourth-order valence-electron chi connectivity index (χ4n) is 8.50. The molecule has 9 aromatic rings. The quantitative estimate of drug-likeness (QED) is 0.184. The lowest BCUT2D eigenvalue weighted by Crippen LogP contribution is -2.28. The molecule has 50 heavy (non-hydrogen) atoms. The van der Waals surface area contributed by atoms with Crippen LogP contribution in [0.1, 0.15) is 22.3 Å². The third-order valence-electron chi connectivity index (χ3n) is 10.5. The molecule has 0 amide bonds. The molecule has 0 bridgehead atoms. The molecule has 0 radical (unpaired) electrons. The van der Waals surface area contributed by atoms with E-state index in [1.54, 1.807) is 0 Å². The maximum absolute atomic E-state index is 4.64. The van der Waals surface area contributed by atoms with Crippen molar-refractivity contribution in [1.82, 2.24) is 9.55 Å². The summed E-state index contributed by atoms with van der Waals surface area (Å²) < 4.78 is 2.47. The van der Waals surface area contributed by atoms with Crippen LogP contribution in [-0.4, -0.2) is 9.55 Å². The summed E-state index contributed by atoms with van der Waals surface area (Å²) in [6.45, 7) is 0. The topological polar surface area (TPSA) is 17.8 Å². The van der Waals surface area contributed by atoms with Crippen LogP contribution >= 0.6 is 0 Å². The first-order valence-electron chi connectivity index (χ1n) is 17.2. The van der Waals surface area contributed by atoms with Crippen LogP contribution in [-0.2, 0) is 5.41 Å². The SMILES string of the molecule is c1ccc(-n2c3ccccc3c3c4c(cc(-c5ccc(-c6ccccn6)cc5)c32)C(c2ccccc2)(c2ccccc2)c2ccccc2-4)cc1. The Bertz CT molecular complexity index is 2620. The number of hydrogen-bond acceptors (Lipinski definition) is 1. The third-order valence-corrected chi connectivity index (χ3v) is 10.5. The lowest BCUT2D eigenvalue weighted by Gasteiger charge is -2.34. The fraction of sp³-hybridized carbons (Fsp3) is 0.0208. The van der Waals surface area contributed by atoms with Gasteiger partial charge in [-0.2, -0.15) is 0 Å². The molecule has 2 aromatic heterocycles. The van der Waals surface area contributed by atoms with Gasteiger partial charge in [-0.25, -0.2) is 0 Å². The molecule has 0 fully saturated rings. The van der Waals surface area contributed by atoms with E-state index in [1.165, 1.54) is 66.3 Å². The van der Waals surface area contributed by atoms with E-state index in [2.05, 4.69) is 185 Å². The van der Waals surface area contributed by atoms with Gasteiger partial charge in [0, 0.05) is 33.8 Å². The second kappa shape index (κ2) is 11.3. The van der Waals surface area contributed by atoms with Gasteiger partial charge in [0.2, 0.25) is 0 Å². The summed E-state index contributed by atoms with van der Waals surface area (Å²) in [7, 11) is 0. The monoisotopic (exact) mass is 636 g/mol. The molecule has 7 aromatic carbocycles. The number of aromatic nitrogens is 2. The Morgan fingerprint density at radius 3 is 1.76 bits per heavy atom. The standard InChI is InChI=1S/C48H32N2/c1-4-16-35(17-5-1)48(36-18-6-2-7-19-36)41-24-12-10-22-38(41)45-42(48)32-40(33-27-29-34(30-28-33)43-25-14-15-31-49-43)47-46(45)39-23-11-13-26-44(39)50(47)37-20-8-3-9-21-37/h1-32H. The van der Waals surface area contributed by atoms with E-state index in [0.717, 1.165) is 16.9 Å². The number of rotatable bonds is 5. The Morgan fingerprint density at radius 1 is 0.460 bits per heavy atom. The molecule has 234 valence electrons. The van der Waals surface area contributed by atoms with Crippen LogP contribution in [0.25, 0.3) is 61.0 Å². The zero-order valence-corrected chi connectivity index (χ0v) is 27.4. The minimum Gasteiger partial charge on any atom is -0.309 e. The number of hydrogen-bond donors (Lipinski definition) is 0. The Kier molecular flexibility index (Phi) is 6.43. The zero-order valence-electron chi connectivity index (χ0n) is 27.4. The molecule has 1 aliphatic rings. The van der Waals surface area contributed by atoms with Crippen molar-refractivity contribution in [2.24, 2.45) is 0 Å². The highest BCUT2D eigenvalue weighted by atomic mass is 15.0. The van der Waals surface area contributed by atoms with Crippen molar-refractivity contribution in [3.8, 4) is 39.2 Å². The molecule has 2 heterocycles. The highest BCUT2D eigenvalue weighted by Gasteiger charge is 2.47. The van der Waals surface area contributed by atoms with Gasteiger partial charge in [-0.15, -0.1) is 0 Å². The molecule has 10 rings (SSSR count). The molecule has 2 heteroatoms. The molecule has 0 saturated heterocycles. The summed E-state index contributed by atoms with van der Waals surface area (Å²) in [5.41, 5.74) is 15.2. The van der Waals surface area contributed by atoms with Crippen molar-refractivity contribution in [3.05, 3.63) is 217 Å². The van der Waals surface area contributed by atoms with E-state index in [4.69, 9.17) is 0 Å². The summed E-state index contributed by atoms with van der Waals surface area (Å²) in [5.74, 6) is 0. The minimum absolute atomic E-state index is 0.513. The number of pyridine rings is 1. The highest BCUT2D eigenvalue weighted by molar-refractivity contribution is 6.22. The summed E-state index contributed by atoms with van der Waals surface area (Å²) in [5, 5.41) is 2.54. The zero-order chi connectivity index (χ0) is 33.1. The predicted molar refractivity (Wildman–Crippen MR) is 207 cm³/mol. The lowest BCUT2D eigenvalue weighted by molar-refractivity contribution is 0.769. The maximum Gasteiger partial charge on any atom is 0.0714 e. The second-order valence-electron chi connectivity index (χ2n) is 13.1. The van der Waals surface area contributed by atoms with Crippen LogP contribution in [0.4, 0.5) is 0 Å². The van der Waals surface area contributed by atoms with Crippen LogP contribution in [0.15, 0.2) is 194 Å². The molecular formula is C48H32N2. The molecule has 2 nitrogen and oxygen atoms in total. The van der Waals surface area contributed by atoms with E-state index < -0.39 is 5.41 Å². The van der Waals surface area contributed by atoms with E-state index in [1.807, 2.05) is 18.3 Å². The summed E-state index contributed by atoms with van der Waals surface area (Å²) in [4.78, 5) is 4.64. The Morgan fingerprint density at radius 2 is 1.06 bits per heavy atom. The highest BCUT2D eigenvalue weighted by Crippen LogP contribution is 2.60. The first-order valence-corrected chi connectivity index (χ1v) is 17.2. The van der Waals surface area contributed by atoms with E-state index >= 15 is 0 Å². The van der Waals surface area contributed by atoms with Crippen molar-refractivity contribution < 1.29 is 0 Å². The molecule has 1 aliphatic carbocycles. The minimum atomic E-state index is -0.513. The normalized spacial score (nSPS) is 13.0. The van der Waals surface area contributed by atoms with Gasteiger partial charge in [0.15, 0.2) is 0 Å². The van der Waals surface area contributed by atoms with E-state index in [9.17, 15) is 0 Å². The van der Waals surface area contributed by atoms with Gasteiger partial charge in [-0.3, -0.25) is 4.98 Å². The first-order chi connectivity index (χ1) is 24.8. The predicted octanol–water partition coefficient (Wildman–Crippen LogP) is 11.9. The van der Waals surface area contributed by atoms with Crippen LogP contribution in [0.5, 0.6) is 0 Å². The van der Waals surface area contributed by atoms with Crippen LogP contribution in [0.2, 0.25) is 0 Å². The average molecular weight is 637 g/mol. The second-order valence-corrected chi connectivity index (χ2v) is 13.1. The van der Waals surface area contributed by atoms with Crippen molar-refractivity contribution in [1.29, 1.82) is 0 Å². The fourth-order valence-corrected chi connectivity index (χ4v) is 8.50. The van der Waals surface area contributed by atoms with Crippen LogP contribution in [0.3, 0.4) is 0 Å². The summed E-state index contributed by atoms with van der Waals surface area (Å²) in [6.07, 6.45) is 1.86. The Labute approximate surface area is 291 Å². The van der Waals surface area contributed by atoms with E-state index in [0.29, 0.717) is 0 Å². The summed E-state index contributed by atoms with van der Waals surface area (Å²) >= 11 is 0. The molecule has 0 aliphatic heterocycles. The van der Waals surface area contributed by atoms with Gasteiger partial charge in [0.05, 0.1) is 22.1 Å². The van der Waals surface area contributed by atoms with Crippen LogP contribution < -0.4 is 0 Å². The third kappa shape index (κ3) is 4.06. The molecular weight excluding hydrogens is 605 g/mol. The van der Waals surface area contributed by atoms with Gasteiger partial charge < -0.3 is 4.57 Å². The molecule has 0 unspecified atom stereocenters. The largest absolute Gasteiger partial charge is 0.309 e. The van der Waals surface area contributed by atoms with Gasteiger partial charge >= 0.3 is 0 Å². The number of benzene rings is 7. The molecule has 0 spiro atoms. The first kappa shape index (κ1) is 28.5. The average Bonchev–Trinajstić information content (AvgIpc) is 3.70. The van der Waals surface area contributed by atoms with Gasteiger partial charge in [-0.05, 0) is 75.3 Å². The number of fused-ring (bicyclic) bond motifs is 7. The Balaban J connectivity index is 1.41. The van der Waals surface area contributed by atoms with E-state index in [-0.39, 0.29) is 0 Å². The smallest absolute Gasteiger partial charge is 0.0714 e. The Hall–Kier alpha value is -6.51. The maximum atomic E-state index is 4.64. The van der Waals surface area contributed by atoms with Gasteiger partial charge in [-0.1, -0.05) is 152 Å². The number of para-hydroxylation sites is 2. The molecule has 0 saturated carbocycles. The van der Waals surface area contributed by atoms with Crippen molar-refractivity contribution >= 4 is 21.8 Å². The molecule has 0 N–H and O–H groups in total. The lowest BCUT2D eigenvalue weighted by atomic mass is 9.67. The number of nitrogens with zero attached hydrogens (tertiary/aromatic N) is 2. The molecule has 0 atom stereocenters. The van der Waals surface area contributed by atoms with Crippen molar-refractivity contribution in [3.63, 3.8) is 0 Å². The van der Waals surface area contributed by atoms with Gasteiger partial charge in [0.1, 0.15) is 0 Å². The van der Waals surface area contributed by atoms with Crippen LogP contribution in [0, 0.1) is 0 Å². The van der Waals surface area contributed by atoms with Crippen molar-refractivity contribution in [2.75, 3.05) is 0 Å².